The number of benzene rings is 1. The Labute approximate surface area is 246 Å². The van der Waals surface area contributed by atoms with Crippen molar-refractivity contribution in [1.82, 2.24) is 0 Å². The van der Waals surface area contributed by atoms with E-state index in [1.54, 1.807) is 0 Å². The second-order valence-corrected chi connectivity index (χ2v) is 17.1. The van der Waals surface area contributed by atoms with E-state index in [9.17, 15) is 0 Å². The van der Waals surface area contributed by atoms with Gasteiger partial charge in [-0.2, -0.15) is 0 Å². The second kappa shape index (κ2) is 9.70. The summed E-state index contributed by atoms with van der Waals surface area (Å²) in [6, 6.07) is 10.7. The van der Waals surface area contributed by atoms with Crippen molar-refractivity contribution < 1.29 is 9.47 Å². The molecule has 40 heavy (non-hydrogen) atoms. The first kappa shape index (κ1) is 29.0. The van der Waals surface area contributed by atoms with Gasteiger partial charge in [0, 0.05) is 12.5 Å². The van der Waals surface area contributed by atoms with Crippen LogP contribution >= 0.6 is 0 Å². The molecule has 1 unspecified atom stereocenters. The Kier molecular flexibility index (Phi) is 7.03. The lowest BCUT2D eigenvalue weighted by atomic mass is 9.33. The Morgan fingerprint density at radius 2 is 1.52 bits per heavy atom. The number of rotatable bonds is 5. The van der Waals surface area contributed by atoms with Crippen LogP contribution < -0.4 is 0 Å². The summed E-state index contributed by atoms with van der Waals surface area (Å²) in [7, 11) is 1.94. The minimum atomic E-state index is 0.0429. The van der Waals surface area contributed by atoms with Crippen molar-refractivity contribution in [3.63, 3.8) is 0 Å². The standard InChI is InChI=1S/C38H58O2/c1-33(2)20-21-34(3)22-23-37(6)28(29(34)24-33)14-15-31-35(4)18-17-32(39-8)36(5,30(35)16-19-38(31,37)7)26-40-25-27-12-10-9-11-13-27/h9-14,29-32H,15-26H2,1-8H3/t29-,30?,31-,32+,34-,35+,36+,37-,38-/m1/s1. The highest BCUT2D eigenvalue weighted by Crippen LogP contribution is 2.75. The highest BCUT2D eigenvalue weighted by Gasteiger charge is 2.68. The summed E-state index contributed by atoms with van der Waals surface area (Å²) < 4.78 is 12.8. The summed E-state index contributed by atoms with van der Waals surface area (Å²) in [5.74, 6) is 2.15. The van der Waals surface area contributed by atoms with Gasteiger partial charge in [-0.25, -0.2) is 0 Å². The minimum Gasteiger partial charge on any atom is -0.381 e. The molecule has 222 valence electrons. The van der Waals surface area contributed by atoms with Crippen LogP contribution in [0.4, 0.5) is 0 Å². The van der Waals surface area contributed by atoms with Crippen LogP contribution in [0, 0.1) is 50.2 Å². The molecule has 0 N–H and O–H groups in total. The molecule has 0 aliphatic heterocycles. The van der Waals surface area contributed by atoms with Crippen LogP contribution in [-0.2, 0) is 16.1 Å². The zero-order valence-corrected chi connectivity index (χ0v) is 27.1. The van der Waals surface area contributed by atoms with E-state index < -0.39 is 0 Å². The summed E-state index contributed by atoms with van der Waals surface area (Å²) in [5.41, 5.74) is 5.21. The number of fused-ring (bicyclic) bond motifs is 7. The van der Waals surface area contributed by atoms with Gasteiger partial charge in [-0.1, -0.05) is 90.4 Å². The molecule has 0 radical (unpaired) electrons. The van der Waals surface area contributed by atoms with Gasteiger partial charge in [-0.15, -0.1) is 0 Å². The van der Waals surface area contributed by atoms with Crippen LogP contribution in [0.3, 0.4) is 0 Å². The molecule has 0 bridgehead atoms. The van der Waals surface area contributed by atoms with Crippen molar-refractivity contribution in [2.75, 3.05) is 13.7 Å². The molecule has 1 aromatic carbocycles. The Morgan fingerprint density at radius 3 is 2.25 bits per heavy atom. The molecule has 5 aliphatic rings. The molecule has 0 amide bonds. The van der Waals surface area contributed by atoms with Gasteiger partial charge in [0.1, 0.15) is 0 Å². The number of allylic oxidation sites excluding steroid dienone is 2. The number of hydrogen-bond donors (Lipinski definition) is 0. The van der Waals surface area contributed by atoms with E-state index in [0.717, 1.165) is 24.9 Å². The molecule has 6 rings (SSSR count). The SMILES string of the molecule is CO[C@H]1CC[C@@]2(C)C(CC[C@]3(C)[C@@H]2CC=C2[C@H]4CC(C)(C)CC[C@]4(C)CC[C@]23C)[C@]1(C)COCc1ccccc1. The maximum absolute atomic E-state index is 6.55. The second-order valence-electron chi connectivity index (χ2n) is 17.1. The zero-order valence-electron chi connectivity index (χ0n) is 27.1. The fourth-order valence-electron chi connectivity index (χ4n) is 11.9. The lowest BCUT2D eigenvalue weighted by Crippen LogP contribution is -2.65. The first-order chi connectivity index (χ1) is 18.8. The lowest BCUT2D eigenvalue weighted by molar-refractivity contribution is -0.224. The average molecular weight is 547 g/mol. The van der Waals surface area contributed by atoms with E-state index in [1.807, 2.05) is 12.7 Å². The quantitative estimate of drug-likeness (QED) is 0.342. The third-order valence-corrected chi connectivity index (χ3v) is 14.6. The van der Waals surface area contributed by atoms with E-state index in [2.05, 4.69) is 84.9 Å². The largest absolute Gasteiger partial charge is 0.381 e. The highest BCUT2D eigenvalue weighted by atomic mass is 16.5. The van der Waals surface area contributed by atoms with Crippen molar-refractivity contribution in [2.45, 2.75) is 125 Å². The van der Waals surface area contributed by atoms with Gasteiger partial charge in [0.25, 0.3) is 0 Å². The number of ether oxygens (including phenoxy) is 2. The molecular weight excluding hydrogens is 488 g/mol. The summed E-state index contributed by atoms with van der Waals surface area (Å²) >= 11 is 0. The maximum Gasteiger partial charge on any atom is 0.0717 e. The Bertz CT molecular complexity index is 1120. The summed E-state index contributed by atoms with van der Waals surface area (Å²) in [4.78, 5) is 0. The molecule has 5 aliphatic carbocycles. The molecule has 2 heteroatoms. The van der Waals surface area contributed by atoms with Crippen molar-refractivity contribution >= 4 is 0 Å². The minimum absolute atomic E-state index is 0.0429. The smallest absolute Gasteiger partial charge is 0.0717 e. The van der Waals surface area contributed by atoms with Gasteiger partial charge in [-0.05, 0) is 115 Å². The van der Waals surface area contributed by atoms with Gasteiger partial charge in [0.15, 0.2) is 0 Å². The molecule has 0 aromatic heterocycles. The van der Waals surface area contributed by atoms with Gasteiger partial charge in [-0.3, -0.25) is 0 Å². The molecular formula is C38H58O2. The topological polar surface area (TPSA) is 18.5 Å². The Hall–Kier alpha value is -1.12. The van der Waals surface area contributed by atoms with Gasteiger partial charge >= 0.3 is 0 Å². The molecule has 2 nitrogen and oxygen atoms in total. The van der Waals surface area contributed by atoms with Crippen molar-refractivity contribution in [1.29, 1.82) is 0 Å². The van der Waals surface area contributed by atoms with Gasteiger partial charge in [0.05, 0.1) is 19.3 Å². The molecule has 0 heterocycles. The third-order valence-electron chi connectivity index (χ3n) is 14.6. The molecule has 9 atom stereocenters. The Morgan fingerprint density at radius 1 is 0.800 bits per heavy atom. The zero-order chi connectivity index (χ0) is 28.6. The third kappa shape index (κ3) is 4.16. The van der Waals surface area contributed by atoms with Gasteiger partial charge in [0.2, 0.25) is 0 Å². The van der Waals surface area contributed by atoms with Crippen LogP contribution in [0.5, 0.6) is 0 Å². The first-order valence-electron chi connectivity index (χ1n) is 16.7. The first-order valence-corrected chi connectivity index (χ1v) is 16.7. The van der Waals surface area contributed by atoms with E-state index in [4.69, 9.17) is 9.47 Å². The van der Waals surface area contributed by atoms with Crippen LogP contribution in [-0.4, -0.2) is 19.8 Å². The fourth-order valence-corrected chi connectivity index (χ4v) is 11.9. The average Bonchev–Trinajstić information content (AvgIpc) is 2.91. The monoisotopic (exact) mass is 546 g/mol. The van der Waals surface area contributed by atoms with Gasteiger partial charge < -0.3 is 9.47 Å². The van der Waals surface area contributed by atoms with Crippen molar-refractivity contribution in [2.24, 2.45) is 50.2 Å². The van der Waals surface area contributed by atoms with Crippen LogP contribution in [0.15, 0.2) is 42.0 Å². The van der Waals surface area contributed by atoms with Crippen LogP contribution in [0.25, 0.3) is 0 Å². The molecule has 4 saturated carbocycles. The molecule has 0 saturated heterocycles. The number of methoxy groups -OCH3 is 1. The molecule has 4 fully saturated rings. The lowest BCUT2D eigenvalue weighted by Gasteiger charge is -2.71. The summed E-state index contributed by atoms with van der Waals surface area (Å²) in [6.07, 6.45) is 16.5. The Balaban J connectivity index is 1.31. The fraction of sp³-hybridized carbons (Fsp3) is 0.789. The molecule has 1 aromatic rings. The van der Waals surface area contributed by atoms with E-state index in [-0.39, 0.29) is 11.5 Å². The van der Waals surface area contributed by atoms with Crippen LogP contribution in [0.1, 0.15) is 118 Å². The van der Waals surface area contributed by atoms with Crippen molar-refractivity contribution in [3.05, 3.63) is 47.5 Å². The predicted molar refractivity (Wildman–Crippen MR) is 166 cm³/mol. The van der Waals surface area contributed by atoms with Crippen molar-refractivity contribution in [3.8, 4) is 0 Å². The summed E-state index contributed by atoms with van der Waals surface area (Å²) in [6.45, 7) is 19.9. The number of hydrogen-bond acceptors (Lipinski definition) is 2. The van der Waals surface area contributed by atoms with E-state index in [0.29, 0.717) is 39.6 Å². The maximum atomic E-state index is 6.55. The molecule has 0 spiro atoms. The summed E-state index contributed by atoms with van der Waals surface area (Å²) in [5, 5.41) is 0. The predicted octanol–water partition coefficient (Wildman–Crippen LogP) is 10.0. The normalized spacial score (nSPS) is 47.8. The highest BCUT2D eigenvalue weighted by molar-refractivity contribution is 5.33. The van der Waals surface area contributed by atoms with E-state index in [1.165, 1.54) is 63.4 Å². The van der Waals surface area contributed by atoms with E-state index >= 15 is 0 Å². The van der Waals surface area contributed by atoms with Crippen LogP contribution in [0.2, 0.25) is 0 Å².